The van der Waals surface area contributed by atoms with Crippen LogP contribution in [0.2, 0.25) is 0 Å². The molecule has 0 aromatic heterocycles. The van der Waals surface area contributed by atoms with Gasteiger partial charge in [-0.1, -0.05) is 62.9 Å². The van der Waals surface area contributed by atoms with E-state index >= 15 is 0 Å². The second kappa shape index (κ2) is 8.92. The van der Waals surface area contributed by atoms with Gasteiger partial charge in [0.25, 0.3) is 0 Å². The van der Waals surface area contributed by atoms with E-state index in [9.17, 15) is 0 Å². The molecule has 0 radical (unpaired) electrons. The van der Waals surface area contributed by atoms with Crippen molar-refractivity contribution in [1.29, 1.82) is 0 Å². The maximum absolute atomic E-state index is 6.01. The number of benzene rings is 1. The molecule has 2 heterocycles. The molecule has 1 aromatic carbocycles. The summed E-state index contributed by atoms with van der Waals surface area (Å²) >= 11 is 0. The summed E-state index contributed by atoms with van der Waals surface area (Å²) in [7, 11) is 0. The van der Waals surface area contributed by atoms with Crippen LogP contribution in [0.4, 0.5) is 0 Å². The summed E-state index contributed by atoms with van der Waals surface area (Å²) in [6.07, 6.45) is 8.21. The molecule has 0 saturated carbocycles. The molecular formula is C19H28O5. The molecule has 2 aliphatic rings. The molecule has 2 bridgehead atoms. The smallest absolute Gasteiger partial charge is 0.230 e. The van der Waals surface area contributed by atoms with Gasteiger partial charge in [0.15, 0.2) is 6.29 Å². The van der Waals surface area contributed by atoms with E-state index < -0.39 is 18.4 Å². The minimum absolute atomic E-state index is 0.426. The highest BCUT2D eigenvalue weighted by atomic mass is 17.3. The van der Waals surface area contributed by atoms with Gasteiger partial charge in [-0.2, -0.15) is 14.7 Å². The molecule has 0 spiro atoms. The van der Waals surface area contributed by atoms with Gasteiger partial charge in [-0.3, -0.25) is 0 Å². The van der Waals surface area contributed by atoms with Crippen LogP contribution in [0.3, 0.4) is 0 Å². The number of rotatable bonds is 7. The number of hydrogen-bond acceptors (Lipinski definition) is 5. The van der Waals surface area contributed by atoms with Gasteiger partial charge in [0.05, 0.1) is 0 Å². The van der Waals surface area contributed by atoms with Crippen LogP contribution in [-0.2, 0) is 30.1 Å². The summed E-state index contributed by atoms with van der Waals surface area (Å²) in [5, 5.41) is 0. The molecule has 5 nitrogen and oxygen atoms in total. The Bertz CT molecular complexity index is 480. The SMILES string of the molecule is CCCCCCCC1OO[C@H]2CCC[C@@](c3ccccc3)(OO1)O2. The fourth-order valence-corrected chi connectivity index (χ4v) is 3.20. The predicted molar refractivity (Wildman–Crippen MR) is 88.3 cm³/mol. The summed E-state index contributed by atoms with van der Waals surface area (Å²) in [6.45, 7) is 2.21. The second-order valence-electron chi connectivity index (χ2n) is 6.56. The summed E-state index contributed by atoms with van der Waals surface area (Å²) < 4.78 is 6.01. The van der Waals surface area contributed by atoms with E-state index in [1.807, 2.05) is 30.3 Å². The molecule has 0 aliphatic carbocycles. The van der Waals surface area contributed by atoms with E-state index in [-0.39, 0.29) is 0 Å². The van der Waals surface area contributed by atoms with Gasteiger partial charge in [0, 0.05) is 24.8 Å². The molecule has 5 heteroatoms. The highest BCUT2D eigenvalue weighted by molar-refractivity contribution is 5.20. The normalized spacial score (nSPS) is 30.5. The molecule has 134 valence electrons. The number of unbranched alkanes of at least 4 members (excludes halogenated alkanes) is 4. The van der Waals surface area contributed by atoms with Gasteiger partial charge in [0.2, 0.25) is 12.1 Å². The van der Waals surface area contributed by atoms with E-state index in [4.69, 9.17) is 24.3 Å². The highest BCUT2D eigenvalue weighted by Crippen LogP contribution is 2.41. The van der Waals surface area contributed by atoms with Gasteiger partial charge in [-0.15, -0.1) is 0 Å². The molecular weight excluding hydrogens is 308 g/mol. The summed E-state index contributed by atoms with van der Waals surface area (Å²) in [5.41, 5.74) is 0.946. The van der Waals surface area contributed by atoms with Gasteiger partial charge >= 0.3 is 0 Å². The first kappa shape index (κ1) is 17.8. The third-order valence-electron chi connectivity index (χ3n) is 4.58. The van der Waals surface area contributed by atoms with Crippen LogP contribution >= 0.6 is 0 Å². The Morgan fingerprint density at radius 3 is 2.67 bits per heavy atom. The quantitative estimate of drug-likeness (QED) is 0.520. The summed E-state index contributed by atoms with van der Waals surface area (Å²) in [4.78, 5) is 22.2. The molecule has 2 aliphatic heterocycles. The van der Waals surface area contributed by atoms with Gasteiger partial charge in [-0.05, 0) is 12.8 Å². The minimum Gasteiger partial charge on any atom is -0.311 e. The molecule has 24 heavy (non-hydrogen) atoms. The largest absolute Gasteiger partial charge is 0.311 e. The van der Waals surface area contributed by atoms with Crippen LogP contribution in [0.1, 0.15) is 70.3 Å². The monoisotopic (exact) mass is 336 g/mol. The Labute approximate surface area is 144 Å². The first-order chi connectivity index (χ1) is 11.8. The molecule has 1 unspecified atom stereocenters. The van der Waals surface area contributed by atoms with Crippen molar-refractivity contribution >= 4 is 0 Å². The van der Waals surface area contributed by atoms with Crippen LogP contribution < -0.4 is 0 Å². The third kappa shape index (κ3) is 4.55. The average Bonchev–Trinajstić information content (AvgIpc) is 2.63. The Balaban J connectivity index is 1.60. The maximum atomic E-state index is 6.01. The average molecular weight is 336 g/mol. The van der Waals surface area contributed by atoms with Crippen molar-refractivity contribution in [3.8, 4) is 0 Å². The molecule has 2 saturated heterocycles. The van der Waals surface area contributed by atoms with E-state index in [0.717, 1.165) is 37.7 Å². The molecule has 0 N–H and O–H groups in total. The predicted octanol–water partition coefficient (Wildman–Crippen LogP) is 4.96. The van der Waals surface area contributed by atoms with Crippen LogP contribution in [0.5, 0.6) is 0 Å². The zero-order valence-electron chi connectivity index (χ0n) is 14.4. The molecule has 0 amide bonds. The zero-order valence-corrected chi connectivity index (χ0v) is 14.4. The summed E-state index contributed by atoms with van der Waals surface area (Å²) in [5.74, 6) is -0.908. The lowest BCUT2D eigenvalue weighted by molar-refractivity contribution is -0.589. The third-order valence-corrected chi connectivity index (χ3v) is 4.58. The van der Waals surface area contributed by atoms with Crippen molar-refractivity contribution in [2.75, 3.05) is 0 Å². The van der Waals surface area contributed by atoms with Gasteiger partial charge in [-0.25, -0.2) is 4.89 Å². The fourth-order valence-electron chi connectivity index (χ4n) is 3.20. The van der Waals surface area contributed by atoms with Crippen molar-refractivity contribution in [2.24, 2.45) is 0 Å². The first-order valence-corrected chi connectivity index (χ1v) is 9.22. The Morgan fingerprint density at radius 2 is 1.83 bits per heavy atom. The lowest BCUT2D eigenvalue weighted by Gasteiger charge is -2.41. The number of fused-ring (bicyclic) bond motifs is 2. The van der Waals surface area contributed by atoms with Crippen LogP contribution in [0, 0.1) is 0 Å². The van der Waals surface area contributed by atoms with Crippen LogP contribution in [-0.4, -0.2) is 12.6 Å². The minimum atomic E-state index is -0.908. The van der Waals surface area contributed by atoms with Crippen molar-refractivity contribution in [3.05, 3.63) is 35.9 Å². The first-order valence-electron chi connectivity index (χ1n) is 9.22. The van der Waals surface area contributed by atoms with Crippen molar-refractivity contribution in [3.63, 3.8) is 0 Å². The van der Waals surface area contributed by atoms with E-state index in [1.165, 1.54) is 25.7 Å². The fraction of sp³-hybridized carbons (Fsp3) is 0.684. The highest BCUT2D eigenvalue weighted by Gasteiger charge is 2.44. The van der Waals surface area contributed by atoms with E-state index in [2.05, 4.69) is 6.92 Å². The Morgan fingerprint density at radius 1 is 1.00 bits per heavy atom. The molecule has 3 rings (SSSR count). The second-order valence-corrected chi connectivity index (χ2v) is 6.56. The standard InChI is InChI=1S/C19H28O5/c1-2-3-4-5-9-13-18-22-21-17-14-10-15-19(20-17,24-23-18)16-11-7-6-8-12-16/h6-8,11-12,17-18H,2-5,9-10,13-15H2,1H3/t17-,18?,19-/m0/s1. The molecule has 2 fully saturated rings. The van der Waals surface area contributed by atoms with Crippen LogP contribution in [0.15, 0.2) is 30.3 Å². The lowest BCUT2D eigenvalue weighted by Crippen LogP contribution is -2.45. The number of ether oxygens (including phenoxy) is 1. The topological polar surface area (TPSA) is 46.2 Å². The maximum Gasteiger partial charge on any atom is 0.230 e. The van der Waals surface area contributed by atoms with Gasteiger partial charge < -0.3 is 4.74 Å². The van der Waals surface area contributed by atoms with E-state index in [0.29, 0.717) is 0 Å². The van der Waals surface area contributed by atoms with Crippen molar-refractivity contribution in [2.45, 2.75) is 83.1 Å². The van der Waals surface area contributed by atoms with Crippen LogP contribution in [0.25, 0.3) is 0 Å². The Kier molecular flexibility index (Phi) is 6.63. The summed E-state index contributed by atoms with van der Waals surface area (Å²) in [6, 6.07) is 9.91. The van der Waals surface area contributed by atoms with Crippen molar-refractivity contribution < 1.29 is 24.3 Å². The Hall–Kier alpha value is -0.980. The van der Waals surface area contributed by atoms with Gasteiger partial charge in [0.1, 0.15) is 0 Å². The molecule has 1 aromatic rings. The zero-order chi connectivity index (χ0) is 16.7. The van der Waals surface area contributed by atoms with E-state index in [1.54, 1.807) is 0 Å². The lowest BCUT2D eigenvalue weighted by atomic mass is 9.97. The van der Waals surface area contributed by atoms with Crippen molar-refractivity contribution in [1.82, 2.24) is 0 Å². The molecule has 3 atom stereocenters. The number of hydrogen-bond donors (Lipinski definition) is 0.